The van der Waals surface area contributed by atoms with E-state index < -0.39 is 11.5 Å². The van der Waals surface area contributed by atoms with E-state index in [-0.39, 0.29) is 12.2 Å². The number of nitrogens with one attached hydrogen (secondary N) is 1. The molecule has 3 aromatic heterocycles. The number of hydrogen-bond donors (Lipinski definition) is 1. The molecule has 0 radical (unpaired) electrons. The number of aryl methyl sites for hydroxylation is 1. The predicted molar refractivity (Wildman–Crippen MR) is 80.2 cm³/mol. The van der Waals surface area contributed by atoms with Gasteiger partial charge in [0.05, 0.1) is 12.2 Å². The Kier molecular flexibility index (Phi) is 3.61. The molecule has 0 aliphatic carbocycles. The maximum Gasteiger partial charge on any atom is 0.283 e. The maximum atomic E-state index is 12.2. The fraction of sp³-hybridized carbons (Fsp3) is 0.133. The first-order chi connectivity index (χ1) is 10.7. The minimum absolute atomic E-state index is 0.154. The number of pyridine rings is 2. The summed E-state index contributed by atoms with van der Waals surface area (Å²) in [5.41, 5.74) is 1.00. The van der Waals surface area contributed by atoms with Crippen molar-refractivity contribution < 1.29 is 4.79 Å². The highest BCUT2D eigenvalue weighted by molar-refractivity contribution is 5.93. The lowest BCUT2D eigenvalue weighted by Gasteiger charge is -2.07. The zero-order valence-electron chi connectivity index (χ0n) is 11.9. The second-order valence-electron chi connectivity index (χ2n) is 4.67. The van der Waals surface area contributed by atoms with Crippen LogP contribution >= 0.6 is 0 Å². The van der Waals surface area contributed by atoms with Gasteiger partial charge in [0.15, 0.2) is 11.3 Å². The van der Waals surface area contributed by atoms with Gasteiger partial charge < -0.3 is 5.32 Å². The highest BCUT2D eigenvalue weighted by atomic mass is 16.2. The van der Waals surface area contributed by atoms with Gasteiger partial charge in [-0.3, -0.25) is 19.1 Å². The van der Waals surface area contributed by atoms with E-state index in [9.17, 15) is 9.59 Å². The van der Waals surface area contributed by atoms with Crippen molar-refractivity contribution in [3.63, 3.8) is 0 Å². The molecule has 22 heavy (non-hydrogen) atoms. The SMILES string of the molecule is Cn1c(=O)c(C(=O)NCc2ccccn2)nc2cccnc21. The number of amides is 1. The molecule has 0 unspecified atom stereocenters. The first-order valence-electron chi connectivity index (χ1n) is 6.66. The molecule has 0 bridgehead atoms. The van der Waals surface area contributed by atoms with Crippen LogP contribution in [0.2, 0.25) is 0 Å². The van der Waals surface area contributed by atoms with Gasteiger partial charge in [0.25, 0.3) is 11.5 Å². The Morgan fingerprint density at radius 1 is 1.18 bits per heavy atom. The molecular formula is C15H13N5O2. The third-order valence-corrected chi connectivity index (χ3v) is 3.19. The van der Waals surface area contributed by atoms with E-state index in [2.05, 4.69) is 20.3 Å². The molecular weight excluding hydrogens is 282 g/mol. The molecule has 1 amide bonds. The molecule has 7 nitrogen and oxygen atoms in total. The van der Waals surface area contributed by atoms with Crippen LogP contribution in [0.5, 0.6) is 0 Å². The summed E-state index contributed by atoms with van der Waals surface area (Å²) in [4.78, 5) is 36.7. The molecule has 3 aromatic rings. The highest BCUT2D eigenvalue weighted by Gasteiger charge is 2.16. The fourth-order valence-corrected chi connectivity index (χ4v) is 2.06. The van der Waals surface area contributed by atoms with Crippen molar-refractivity contribution in [1.29, 1.82) is 0 Å². The molecule has 0 aliphatic heterocycles. The van der Waals surface area contributed by atoms with Gasteiger partial charge in [0.2, 0.25) is 0 Å². The molecule has 3 heterocycles. The quantitative estimate of drug-likeness (QED) is 0.766. The zero-order valence-corrected chi connectivity index (χ0v) is 11.9. The Morgan fingerprint density at radius 3 is 2.77 bits per heavy atom. The summed E-state index contributed by atoms with van der Waals surface area (Å²) in [5.74, 6) is -0.531. The van der Waals surface area contributed by atoms with Gasteiger partial charge in [-0.2, -0.15) is 0 Å². The van der Waals surface area contributed by atoms with Crippen LogP contribution in [0.1, 0.15) is 16.2 Å². The van der Waals surface area contributed by atoms with E-state index >= 15 is 0 Å². The lowest BCUT2D eigenvalue weighted by molar-refractivity contribution is 0.0943. The normalized spacial score (nSPS) is 10.6. The van der Waals surface area contributed by atoms with Crippen LogP contribution in [0.15, 0.2) is 47.5 Å². The zero-order chi connectivity index (χ0) is 15.5. The second kappa shape index (κ2) is 5.72. The van der Waals surface area contributed by atoms with Crippen molar-refractivity contribution >= 4 is 17.1 Å². The molecule has 3 rings (SSSR count). The molecule has 1 N–H and O–H groups in total. The Hall–Kier alpha value is -3.09. The van der Waals surface area contributed by atoms with Crippen molar-refractivity contribution in [2.24, 2.45) is 7.05 Å². The summed E-state index contributed by atoms with van der Waals surface area (Å²) >= 11 is 0. The minimum Gasteiger partial charge on any atom is -0.345 e. The lowest BCUT2D eigenvalue weighted by atomic mass is 10.3. The number of rotatable bonds is 3. The van der Waals surface area contributed by atoms with Gasteiger partial charge in [-0.15, -0.1) is 0 Å². The van der Waals surface area contributed by atoms with E-state index in [1.165, 1.54) is 4.57 Å². The molecule has 0 aliphatic rings. The second-order valence-corrected chi connectivity index (χ2v) is 4.67. The Bertz CT molecular complexity index is 889. The van der Waals surface area contributed by atoms with Crippen LogP contribution in [0.25, 0.3) is 11.2 Å². The smallest absolute Gasteiger partial charge is 0.283 e. The third-order valence-electron chi connectivity index (χ3n) is 3.19. The van der Waals surface area contributed by atoms with Gasteiger partial charge in [-0.25, -0.2) is 9.97 Å². The van der Waals surface area contributed by atoms with Crippen LogP contribution < -0.4 is 10.9 Å². The summed E-state index contributed by atoms with van der Waals surface area (Å²) < 4.78 is 1.32. The van der Waals surface area contributed by atoms with E-state index in [0.29, 0.717) is 16.9 Å². The molecule has 0 aromatic carbocycles. The number of carbonyl (C=O) groups is 1. The van der Waals surface area contributed by atoms with Crippen molar-refractivity contribution in [3.8, 4) is 0 Å². The van der Waals surface area contributed by atoms with Crippen molar-refractivity contribution in [2.75, 3.05) is 0 Å². The largest absolute Gasteiger partial charge is 0.345 e. The number of carbonyl (C=O) groups excluding carboxylic acids is 1. The number of aromatic nitrogens is 4. The van der Waals surface area contributed by atoms with Crippen LogP contribution in [0, 0.1) is 0 Å². The van der Waals surface area contributed by atoms with Gasteiger partial charge in [0.1, 0.15) is 5.52 Å². The molecule has 0 saturated heterocycles. The number of nitrogens with zero attached hydrogens (tertiary/aromatic N) is 4. The average molecular weight is 295 g/mol. The van der Waals surface area contributed by atoms with Crippen LogP contribution in [0.4, 0.5) is 0 Å². The minimum atomic E-state index is -0.531. The fourth-order valence-electron chi connectivity index (χ4n) is 2.06. The van der Waals surface area contributed by atoms with Crippen LogP contribution in [-0.2, 0) is 13.6 Å². The monoisotopic (exact) mass is 295 g/mol. The van der Waals surface area contributed by atoms with E-state index in [1.807, 2.05) is 6.07 Å². The summed E-state index contributed by atoms with van der Waals surface area (Å²) in [6.45, 7) is 0.232. The highest BCUT2D eigenvalue weighted by Crippen LogP contribution is 2.05. The van der Waals surface area contributed by atoms with Crippen molar-refractivity contribution in [2.45, 2.75) is 6.54 Å². The lowest BCUT2D eigenvalue weighted by Crippen LogP contribution is -2.34. The first-order valence-corrected chi connectivity index (χ1v) is 6.66. The Balaban J connectivity index is 1.91. The first kappa shape index (κ1) is 13.9. The molecule has 7 heteroatoms. The molecule has 0 fully saturated rings. The van der Waals surface area contributed by atoms with Gasteiger partial charge in [-0.1, -0.05) is 6.07 Å². The van der Waals surface area contributed by atoms with Gasteiger partial charge in [-0.05, 0) is 24.3 Å². The van der Waals surface area contributed by atoms with Crippen LogP contribution in [0.3, 0.4) is 0 Å². The summed E-state index contributed by atoms with van der Waals surface area (Å²) in [6.07, 6.45) is 3.21. The van der Waals surface area contributed by atoms with E-state index in [4.69, 9.17) is 0 Å². The van der Waals surface area contributed by atoms with Gasteiger partial charge >= 0.3 is 0 Å². The van der Waals surface area contributed by atoms with Crippen molar-refractivity contribution in [3.05, 3.63) is 64.5 Å². The molecule has 0 saturated carbocycles. The molecule has 0 atom stereocenters. The summed E-state index contributed by atoms with van der Waals surface area (Å²) in [6, 6.07) is 8.81. The van der Waals surface area contributed by atoms with E-state index in [0.717, 1.165) is 0 Å². The third kappa shape index (κ3) is 2.56. The topological polar surface area (TPSA) is 89.8 Å². The Labute approximate surface area is 125 Å². The number of fused-ring (bicyclic) bond motifs is 1. The number of hydrogen-bond acceptors (Lipinski definition) is 5. The standard InChI is InChI=1S/C15H13N5O2/c1-20-13-11(6-4-8-17-13)19-12(15(20)22)14(21)18-9-10-5-2-3-7-16-10/h2-8H,9H2,1H3,(H,18,21). The average Bonchev–Trinajstić information content (AvgIpc) is 2.57. The summed E-state index contributed by atoms with van der Waals surface area (Å²) in [5, 5.41) is 2.65. The van der Waals surface area contributed by atoms with Gasteiger partial charge in [0, 0.05) is 19.4 Å². The van der Waals surface area contributed by atoms with Crippen molar-refractivity contribution in [1.82, 2.24) is 24.8 Å². The Morgan fingerprint density at radius 2 is 2.00 bits per heavy atom. The predicted octanol–water partition coefficient (Wildman–Crippen LogP) is 0.653. The summed E-state index contributed by atoms with van der Waals surface area (Å²) in [7, 11) is 1.56. The molecule has 110 valence electrons. The maximum absolute atomic E-state index is 12.2. The molecule has 0 spiro atoms. The van der Waals surface area contributed by atoms with Crippen LogP contribution in [-0.4, -0.2) is 25.4 Å². The van der Waals surface area contributed by atoms with E-state index in [1.54, 1.807) is 43.7 Å².